The molecule has 112 heavy (non-hydrogen) atoms. The van der Waals surface area contributed by atoms with Gasteiger partial charge in [0, 0.05) is 155 Å². The first-order chi connectivity index (χ1) is 52.8. The van der Waals surface area contributed by atoms with Gasteiger partial charge in [-0.15, -0.1) is 0 Å². The first-order valence-electron chi connectivity index (χ1n) is 35.9. The molecule has 12 aromatic rings. The summed E-state index contributed by atoms with van der Waals surface area (Å²) >= 11 is 6.97. The number of rotatable bonds is 14. The second-order valence-electron chi connectivity index (χ2n) is 27.5. The highest BCUT2D eigenvalue weighted by molar-refractivity contribution is 9.10. The van der Waals surface area contributed by atoms with Crippen molar-refractivity contribution in [1.29, 1.82) is 21.0 Å². The fourth-order valence-corrected chi connectivity index (χ4v) is 15.0. The third-order valence-corrected chi connectivity index (χ3v) is 21.7. The number of alkyl halides is 6. The van der Waals surface area contributed by atoms with Crippen LogP contribution in [0.15, 0.2) is 155 Å². The van der Waals surface area contributed by atoms with Crippen LogP contribution in [-0.4, -0.2) is 67.3 Å². The fraction of sp³-hybridized carbons (Fsp3) is 0.273. The predicted octanol–water partition coefficient (Wildman–Crippen LogP) is 23.1. The zero-order valence-corrected chi connectivity index (χ0v) is 69.6. The van der Waals surface area contributed by atoms with Crippen LogP contribution in [0.25, 0.3) is 44.5 Å². The molecule has 12 rings (SSSR count). The van der Waals surface area contributed by atoms with Gasteiger partial charge in [0.1, 0.15) is 12.1 Å². The van der Waals surface area contributed by atoms with Crippen molar-refractivity contribution in [1.82, 2.24) is 39.1 Å². The third kappa shape index (κ3) is 17.9. The predicted molar refractivity (Wildman–Crippen MR) is 443 cm³/mol. The first kappa shape index (κ1) is 84.3. The van der Waals surface area contributed by atoms with E-state index in [0.717, 1.165) is 147 Å². The molecular formula is C88H88Br2F6N16. The van der Waals surface area contributed by atoms with E-state index in [2.05, 4.69) is 159 Å². The lowest BCUT2D eigenvalue weighted by Crippen LogP contribution is -2.14. The van der Waals surface area contributed by atoms with Crippen molar-refractivity contribution in [3.63, 3.8) is 0 Å². The van der Waals surface area contributed by atoms with Gasteiger partial charge < -0.3 is 19.6 Å². The van der Waals surface area contributed by atoms with E-state index in [4.69, 9.17) is 21.0 Å². The van der Waals surface area contributed by atoms with Crippen LogP contribution in [0.2, 0.25) is 0 Å². The van der Waals surface area contributed by atoms with Gasteiger partial charge in [0.25, 0.3) is 0 Å². The molecule has 0 spiro atoms. The number of aryl methyl sites for hydroxylation is 12. The average Bonchev–Trinajstić information content (AvgIpc) is 1.26. The van der Waals surface area contributed by atoms with E-state index in [-0.39, 0.29) is 11.1 Å². The molecule has 0 atom stereocenters. The summed E-state index contributed by atoms with van der Waals surface area (Å²) in [4.78, 5) is 7.71. The zero-order valence-electron chi connectivity index (χ0n) is 66.4. The minimum absolute atomic E-state index is 0.358. The van der Waals surface area contributed by atoms with E-state index < -0.39 is 23.5 Å². The Kier molecular flexibility index (Phi) is 26.1. The first-order valence-corrected chi connectivity index (χ1v) is 37.5. The summed E-state index contributed by atoms with van der Waals surface area (Å²) < 4.78 is 89.6. The van der Waals surface area contributed by atoms with Gasteiger partial charge in [-0.1, -0.05) is 48.5 Å². The highest BCUT2D eigenvalue weighted by atomic mass is 79.9. The maximum Gasteiger partial charge on any atom is 0.417 e. The number of nitriles is 4. The lowest BCUT2D eigenvalue weighted by Gasteiger charge is -2.24. The summed E-state index contributed by atoms with van der Waals surface area (Å²) in [6.45, 7) is 30.0. The van der Waals surface area contributed by atoms with Crippen molar-refractivity contribution in [3.05, 3.63) is 256 Å². The fourth-order valence-electron chi connectivity index (χ4n) is 14.0. The van der Waals surface area contributed by atoms with Crippen molar-refractivity contribution in [2.45, 2.75) is 122 Å². The largest absolute Gasteiger partial charge is 0.417 e. The molecular weight excluding hydrogens is 1550 g/mol. The van der Waals surface area contributed by atoms with Crippen LogP contribution in [0.3, 0.4) is 0 Å². The molecule has 0 radical (unpaired) electrons. The molecule has 0 aliphatic heterocycles. The molecule has 0 unspecified atom stereocenters. The van der Waals surface area contributed by atoms with Gasteiger partial charge in [-0.25, -0.2) is 0 Å². The normalized spacial score (nSPS) is 11.1. The van der Waals surface area contributed by atoms with Gasteiger partial charge in [0.15, 0.2) is 0 Å². The highest BCUT2D eigenvalue weighted by Crippen LogP contribution is 2.43. The number of hydrogen-bond acceptors (Lipinski definition) is 12. The monoisotopic (exact) mass is 1640 g/mol. The van der Waals surface area contributed by atoms with Crippen molar-refractivity contribution in [2.75, 3.05) is 47.8 Å². The number of hydrogen-bond donors (Lipinski definition) is 0. The van der Waals surface area contributed by atoms with Gasteiger partial charge >= 0.3 is 12.4 Å². The van der Waals surface area contributed by atoms with Crippen LogP contribution in [0.5, 0.6) is 0 Å². The molecule has 0 aliphatic carbocycles. The Balaban J connectivity index is 0.000000172. The summed E-state index contributed by atoms with van der Waals surface area (Å²) in [5, 5.41) is 54.5. The van der Waals surface area contributed by atoms with Crippen LogP contribution < -0.4 is 19.6 Å². The standard InChI is InChI=1S/C23H23F3N4.C22H23BrN4.C22H21F3N4.C21H21BrN4/c1-6-30-16(4)22(15(3)28-30)17-8-7-14(2)21(11-17)29(5)19-10-9-18(13-27)20(12-19)23(24,25)26;1-6-27-16(4)22(15(3)25-27)17-8-7-14(2)21(11-17)26(5)19-10-9-18(13-24)20(23)12-19;1-13-6-7-16(21-14(2)27-29(5)15(21)3)10-20(13)28(4)18-9-8-17(12-26)19(11-18)22(23,24)25;1-13-6-7-16(21-14(2)24-26(5)15(21)3)10-20(13)25(4)18-9-8-17(12-23)19(22)11-18/h7-12H,6H2,1-5H3;7-12H,6H2,1-5H3;6-11H,1-5H3;6-11H,1-5H3. The van der Waals surface area contributed by atoms with Gasteiger partial charge in [-0.2, -0.15) is 67.8 Å². The Morgan fingerprint density at radius 1 is 0.339 bits per heavy atom. The Morgan fingerprint density at radius 2 is 0.580 bits per heavy atom. The smallest absolute Gasteiger partial charge is 0.344 e. The molecule has 0 saturated heterocycles. The summed E-state index contributed by atoms with van der Waals surface area (Å²) in [5.41, 5.74) is 26.4. The zero-order chi connectivity index (χ0) is 82.4. The van der Waals surface area contributed by atoms with Crippen LogP contribution in [-0.2, 0) is 39.5 Å². The molecule has 0 amide bonds. The number of halogens is 8. The quantitative estimate of drug-likeness (QED) is 0.0942. The third-order valence-electron chi connectivity index (χ3n) is 20.4. The molecule has 8 aromatic carbocycles. The lowest BCUT2D eigenvalue weighted by molar-refractivity contribution is -0.138. The molecule has 576 valence electrons. The molecule has 0 bridgehead atoms. The van der Waals surface area contributed by atoms with Crippen LogP contribution in [0.1, 0.15) is 115 Å². The van der Waals surface area contributed by atoms with Gasteiger partial charge in [0.2, 0.25) is 0 Å². The highest BCUT2D eigenvalue weighted by Gasteiger charge is 2.36. The second kappa shape index (κ2) is 34.7. The summed E-state index contributed by atoms with van der Waals surface area (Å²) in [5.74, 6) is 0. The maximum atomic E-state index is 13.4. The Morgan fingerprint density at radius 3 is 0.795 bits per heavy atom. The SMILES string of the molecule is CCn1nc(C)c(-c2ccc(C)c(N(C)c3ccc(C#N)c(Br)c3)c2)c1C.CCn1nc(C)c(-c2ccc(C)c(N(C)c3ccc(C#N)c(C(F)(F)F)c3)c2)c1C.Cc1ccc(-c2c(C)nn(C)c2C)cc1N(C)c1ccc(C#N)c(Br)c1.Cc1ccc(-c2c(C)nn(C)c2C)cc1N(C)c1ccc(C#N)c(C(F)(F)F)c1. The average molecular weight is 1640 g/mol. The lowest BCUT2D eigenvalue weighted by atomic mass is 10.00. The van der Waals surface area contributed by atoms with Crippen molar-refractivity contribution < 1.29 is 26.3 Å². The van der Waals surface area contributed by atoms with Gasteiger partial charge in [-0.05, 0) is 270 Å². The molecule has 0 saturated carbocycles. The van der Waals surface area contributed by atoms with Crippen molar-refractivity contribution in [2.24, 2.45) is 14.1 Å². The molecule has 4 heterocycles. The summed E-state index contributed by atoms with van der Waals surface area (Å²) in [6, 6.07) is 51.6. The molecule has 0 aliphatic rings. The molecule has 0 fully saturated rings. The maximum absolute atomic E-state index is 13.4. The van der Waals surface area contributed by atoms with E-state index in [1.165, 1.54) is 57.8 Å². The van der Waals surface area contributed by atoms with E-state index in [0.29, 0.717) is 22.5 Å². The number of nitrogens with zero attached hydrogens (tertiary/aromatic N) is 16. The van der Waals surface area contributed by atoms with Crippen LogP contribution in [0, 0.1) is 128 Å². The van der Waals surface area contributed by atoms with E-state index in [1.807, 2.05) is 168 Å². The van der Waals surface area contributed by atoms with Crippen molar-refractivity contribution in [3.8, 4) is 68.8 Å². The number of benzene rings is 8. The number of anilines is 8. The minimum atomic E-state index is -4.60. The topological polar surface area (TPSA) is 179 Å². The molecule has 16 nitrogen and oxygen atoms in total. The summed E-state index contributed by atoms with van der Waals surface area (Å²) in [7, 11) is 11.4. The van der Waals surface area contributed by atoms with Gasteiger partial charge in [-0.3, -0.25) is 18.7 Å². The Labute approximate surface area is 668 Å². The van der Waals surface area contributed by atoms with E-state index in [1.54, 1.807) is 36.0 Å². The van der Waals surface area contributed by atoms with E-state index >= 15 is 0 Å². The molecule has 24 heteroatoms. The Hall–Kier alpha value is -11.7. The van der Waals surface area contributed by atoms with E-state index in [9.17, 15) is 26.3 Å². The Bertz CT molecular complexity index is 5730. The van der Waals surface area contributed by atoms with Gasteiger partial charge in [0.05, 0.1) is 68.3 Å². The van der Waals surface area contributed by atoms with Crippen molar-refractivity contribution >= 4 is 77.4 Å². The molecule has 4 aromatic heterocycles. The second-order valence-corrected chi connectivity index (χ2v) is 29.2. The van der Waals surface area contributed by atoms with Crippen LogP contribution >= 0.6 is 31.9 Å². The molecule has 0 N–H and O–H groups in total. The summed E-state index contributed by atoms with van der Waals surface area (Å²) in [6.07, 6.45) is -9.19. The minimum Gasteiger partial charge on any atom is -0.344 e. The number of aromatic nitrogens is 8. The van der Waals surface area contributed by atoms with Crippen LogP contribution in [0.4, 0.5) is 71.8 Å².